The normalized spacial score (nSPS) is 16.9. The lowest BCUT2D eigenvalue weighted by Crippen LogP contribution is -2.32. The molecule has 2 aliphatic heterocycles. The van der Waals surface area contributed by atoms with E-state index < -0.39 is 6.23 Å². The van der Waals surface area contributed by atoms with Gasteiger partial charge in [0.25, 0.3) is 0 Å². The van der Waals surface area contributed by atoms with Crippen LogP contribution in [-0.4, -0.2) is 45.0 Å². The van der Waals surface area contributed by atoms with E-state index in [0.29, 0.717) is 31.2 Å². The summed E-state index contributed by atoms with van der Waals surface area (Å²) in [4.78, 5) is 16.3. The predicted molar refractivity (Wildman–Crippen MR) is 106 cm³/mol. The van der Waals surface area contributed by atoms with Gasteiger partial charge in [-0.3, -0.25) is 0 Å². The molecule has 0 saturated carbocycles. The first-order valence-electron chi connectivity index (χ1n) is 9.22. The Hall–Kier alpha value is -2.34. The summed E-state index contributed by atoms with van der Waals surface area (Å²) in [6, 6.07) is 5.80. The maximum Gasteiger partial charge on any atom is 0.338 e. The van der Waals surface area contributed by atoms with Crippen molar-refractivity contribution in [3.05, 3.63) is 34.9 Å². The molecule has 2 aliphatic rings. The number of rotatable bonds is 4. The number of benzene rings is 1. The topological polar surface area (TPSA) is 69.2 Å². The highest BCUT2D eigenvalue weighted by Crippen LogP contribution is 2.29. The van der Waals surface area contributed by atoms with Crippen LogP contribution in [0.4, 0.5) is 5.69 Å². The number of nitrogens with zero attached hydrogens (tertiary/aromatic N) is 1. The van der Waals surface area contributed by atoms with E-state index in [0.717, 1.165) is 16.8 Å². The Labute approximate surface area is 156 Å². The summed E-state index contributed by atoms with van der Waals surface area (Å²) in [5.41, 5.74) is 3.14. The van der Waals surface area contributed by atoms with Crippen LogP contribution in [0.15, 0.2) is 28.8 Å². The number of hydrogen-bond donors (Lipinski definition) is 1. The van der Waals surface area contributed by atoms with Crippen LogP contribution in [0.3, 0.4) is 0 Å². The predicted octanol–water partition coefficient (Wildman–Crippen LogP) is 3.86. The average molecular weight is 362 g/mol. The molecule has 3 rings (SSSR count). The SMILES string of the molecule is CC.CC.CCOC(=O)C1=Cc2ccc(C3=NCCO3)cc2NC1OC. The molecule has 6 heteroatoms. The summed E-state index contributed by atoms with van der Waals surface area (Å²) in [6.45, 7) is 11.4. The van der Waals surface area contributed by atoms with Crippen molar-refractivity contribution in [3.63, 3.8) is 0 Å². The van der Waals surface area contributed by atoms with Gasteiger partial charge in [0.15, 0.2) is 6.23 Å². The van der Waals surface area contributed by atoms with Gasteiger partial charge in [-0.05, 0) is 30.7 Å². The van der Waals surface area contributed by atoms with Crippen molar-refractivity contribution in [2.24, 2.45) is 4.99 Å². The molecule has 0 fully saturated rings. The monoisotopic (exact) mass is 362 g/mol. The molecule has 144 valence electrons. The summed E-state index contributed by atoms with van der Waals surface area (Å²) < 4.78 is 15.9. The molecule has 0 radical (unpaired) electrons. The van der Waals surface area contributed by atoms with Crippen LogP contribution < -0.4 is 5.32 Å². The van der Waals surface area contributed by atoms with Gasteiger partial charge in [-0.1, -0.05) is 33.8 Å². The quantitative estimate of drug-likeness (QED) is 0.824. The highest BCUT2D eigenvalue weighted by atomic mass is 16.5. The number of nitrogens with one attached hydrogen (secondary N) is 1. The molecule has 0 saturated heterocycles. The number of anilines is 1. The van der Waals surface area contributed by atoms with Gasteiger partial charge in [-0.25, -0.2) is 9.79 Å². The number of carbonyl (C=O) groups excluding carboxylic acids is 1. The maximum absolute atomic E-state index is 12.0. The molecule has 26 heavy (non-hydrogen) atoms. The van der Waals surface area contributed by atoms with E-state index in [4.69, 9.17) is 14.2 Å². The summed E-state index contributed by atoms with van der Waals surface area (Å²) >= 11 is 0. The zero-order valence-corrected chi connectivity index (χ0v) is 16.6. The minimum absolute atomic E-state index is 0.329. The minimum atomic E-state index is -0.534. The summed E-state index contributed by atoms with van der Waals surface area (Å²) in [6.07, 6.45) is 1.26. The van der Waals surface area contributed by atoms with Crippen LogP contribution >= 0.6 is 0 Å². The lowest BCUT2D eigenvalue weighted by molar-refractivity contribution is -0.139. The van der Waals surface area contributed by atoms with E-state index in [1.54, 1.807) is 20.1 Å². The van der Waals surface area contributed by atoms with E-state index in [1.165, 1.54) is 0 Å². The highest BCUT2D eigenvalue weighted by molar-refractivity contribution is 6.00. The van der Waals surface area contributed by atoms with Crippen LogP contribution in [0.1, 0.15) is 45.7 Å². The van der Waals surface area contributed by atoms with Gasteiger partial charge in [0.2, 0.25) is 5.90 Å². The number of ether oxygens (including phenoxy) is 3. The Kier molecular flexibility index (Phi) is 9.44. The third kappa shape index (κ3) is 5.08. The standard InChI is InChI=1S/C16H18N2O4.2C2H6/c1-3-21-16(19)12-8-10-4-5-11(14-17-6-7-22-14)9-13(10)18-15(12)20-2;2*1-2/h4-5,8-9,15,18H,3,6-7H2,1-2H3;2*1-2H3. The molecule has 0 bridgehead atoms. The molecule has 1 atom stereocenters. The van der Waals surface area contributed by atoms with Crippen molar-refractivity contribution in [2.45, 2.75) is 40.8 Å². The van der Waals surface area contributed by atoms with Gasteiger partial charge in [-0.15, -0.1) is 0 Å². The van der Waals surface area contributed by atoms with Gasteiger partial charge >= 0.3 is 5.97 Å². The molecular weight excluding hydrogens is 332 g/mol. The number of aliphatic imine (C=N–C) groups is 1. The molecule has 0 aromatic heterocycles. The van der Waals surface area contributed by atoms with Crippen LogP contribution in [0.2, 0.25) is 0 Å². The van der Waals surface area contributed by atoms with Gasteiger partial charge in [0.05, 0.1) is 18.7 Å². The number of fused-ring (bicyclic) bond motifs is 1. The fraction of sp³-hybridized carbons (Fsp3) is 0.500. The lowest BCUT2D eigenvalue weighted by Gasteiger charge is -2.26. The average Bonchev–Trinajstić information content (AvgIpc) is 3.24. The van der Waals surface area contributed by atoms with Crippen molar-refractivity contribution in [2.75, 3.05) is 32.2 Å². The number of carbonyl (C=O) groups is 1. The third-order valence-electron chi connectivity index (χ3n) is 3.51. The molecule has 0 aliphatic carbocycles. The summed E-state index contributed by atoms with van der Waals surface area (Å²) in [5, 5.41) is 3.20. The molecule has 0 spiro atoms. The zero-order chi connectivity index (χ0) is 19.5. The lowest BCUT2D eigenvalue weighted by atomic mass is 10.0. The molecule has 6 nitrogen and oxygen atoms in total. The smallest absolute Gasteiger partial charge is 0.338 e. The second-order valence-corrected chi connectivity index (χ2v) is 4.92. The Balaban J connectivity index is 0.000000791. The zero-order valence-electron chi connectivity index (χ0n) is 16.6. The Morgan fingerprint density at radius 2 is 2.04 bits per heavy atom. The molecule has 2 heterocycles. The summed E-state index contributed by atoms with van der Waals surface area (Å²) in [5.74, 6) is 0.277. The van der Waals surface area contributed by atoms with Crippen molar-refractivity contribution in [3.8, 4) is 0 Å². The first kappa shape index (κ1) is 21.7. The molecule has 0 amide bonds. The Morgan fingerprint density at radius 1 is 1.31 bits per heavy atom. The van der Waals surface area contributed by atoms with Crippen LogP contribution in [0, 0.1) is 0 Å². The van der Waals surface area contributed by atoms with Gasteiger partial charge in [-0.2, -0.15) is 0 Å². The molecule has 1 N–H and O–H groups in total. The van der Waals surface area contributed by atoms with E-state index in [1.807, 2.05) is 45.9 Å². The molecule has 1 aromatic rings. The maximum atomic E-state index is 12.0. The molecular formula is C20H30N2O4. The molecule has 1 aromatic carbocycles. The Bertz CT molecular complexity index is 653. The van der Waals surface area contributed by atoms with Crippen molar-refractivity contribution in [1.29, 1.82) is 0 Å². The van der Waals surface area contributed by atoms with Crippen LogP contribution in [0.5, 0.6) is 0 Å². The van der Waals surface area contributed by atoms with E-state index in [2.05, 4.69) is 10.3 Å². The number of hydrogen-bond acceptors (Lipinski definition) is 6. The third-order valence-corrected chi connectivity index (χ3v) is 3.51. The fourth-order valence-electron chi connectivity index (χ4n) is 2.48. The first-order valence-corrected chi connectivity index (χ1v) is 9.22. The first-order chi connectivity index (χ1) is 12.7. The van der Waals surface area contributed by atoms with Crippen molar-refractivity contribution in [1.82, 2.24) is 0 Å². The highest BCUT2D eigenvalue weighted by Gasteiger charge is 2.27. The second kappa shape index (κ2) is 11.3. The Morgan fingerprint density at radius 3 is 2.62 bits per heavy atom. The summed E-state index contributed by atoms with van der Waals surface area (Å²) in [7, 11) is 1.55. The van der Waals surface area contributed by atoms with Gasteiger partial charge in [0, 0.05) is 18.4 Å². The fourth-order valence-corrected chi connectivity index (χ4v) is 2.48. The number of esters is 1. The van der Waals surface area contributed by atoms with Crippen molar-refractivity contribution < 1.29 is 19.0 Å². The molecule has 1 unspecified atom stereocenters. The van der Waals surface area contributed by atoms with Crippen LogP contribution in [-0.2, 0) is 19.0 Å². The second-order valence-electron chi connectivity index (χ2n) is 4.92. The van der Waals surface area contributed by atoms with Gasteiger partial charge < -0.3 is 19.5 Å². The van der Waals surface area contributed by atoms with Crippen LogP contribution in [0.25, 0.3) is 6.08 Å². The number of methoxy groups -OCH3 is 1. The van der Waals surface area contributed by atoms with E-state index in [9.17, 15) is 4.79 Å². The van der Waals surface area contributed by atoms with Crippen molar-refractivity contribution >= 4 is 23.6 Å². The largest absolute Gasteiger partial charge is 0.476 e. The van der Waals surface area contributed by atoms with E-state index >= 15 is 0 Å². The van der Waals surface area contributed by atoms with E-state index in [-0.39, 0.29) is 5.97 Å². The minimum Gasteiger partial charge on any atom is -0.476 e. The van der Waals surface area contributed by atoms with Gasteiger partial charge in [0.1, 0.15) is 6.61 Å².